The van der Waals surface area contributed by atoms with E-state index in [2.05, 4.69) is 44.2 Å². The molecule has 25 heavy (non-hydrogen) atoms. The van der Waals surface area contributed by atoms with Gasteiger partial charge in [0.25, 0.3) is 0 Å². The largest absolute Gasteiger partial charge is 0.381 e. The van der Waals surface area contributed by atoms with Gasteiger partial charge >= 0.3 is 0 Å². The predicted molar refractivity (Wildman–Crippen MR) is 99.5 cm³/mol. The van der Waals surface area contributed by atoms with E-state index in [-0.39, 0.29) is 0 Å². The smallest absolute Gasteiger partial charge is 0.0897 e. The molecule has 3 atom stereocenters. The number of thiazole rings is 1. The van der Waals surface area contributed by atoms with Gasteiger partial charge in [0.05, 0.1) is 16.8 Å². The number of nitrogens with zero attached hydrogens (tertiary/aromatic N) is 4. The summed E-state index contributed by atoms with van der Waals surface area (Å²) in [6.45, 7) is 7.35. The van der Waals surface area contributed by atoms with E-state index in [9.17, 15) is 0 Å². The highest BCUT2D eigenvalue weighted by Crippen LogP contribution is 2.34. The third kappa shape index (κ3) is 3.77. The molecule has 5 nitrogen and oxygen atoms in total. The maximum Gasteiger partial charge on any atom is 0.0897 e. The minimum absolute atomic E-state index is 0.376. The average molecular weight is 359 g/mol. The van der Waals surface area contributed by atoms with Gasteiger partial charge in [-0.15, -0.1) is 11.3 Å². The molecule has 0 amide bonds. The van der Waals surface area contributed by atoms with Crippen LogP contribution in [0.25, 0.3) is 0 Å². The Hall–Kier alpha value is -1.34. The van der Waals surface area contributed by atoms with Crippen molar-refractivity contribution in [3.63, 3.8) is 0 Å². The lowest BCUT2D eigenvalue weighted by molar-refractivity contribution is -0.0245. The van der Waals surface area contributed by atoms with Crippen LogP contribution in [-0.4, -0.2) is 58.7 Å². The van der Waals surface area contributed by atoms with Crippen molar-refractivity contribution in [1.29, 1.82) is 0 Å². The van der Waals surface area contributed by atoms with Gasteiger partial charge in [0.2, 0.25) is 0 Å². The summed E-state index contributed by atoms with van der Waals surface area (Å²) in [6, 6.07) is 4.82. The van der Waals surface area contributed by atoms with Crippen LogP contribution in [0.1, 0.15) is 22.7 Å². The van der Waals surface area contributed by atoms with E-state index in [0.29, 0.717) is 18.1 Å². The first-order chi connectivity index (χ1) is 12.2. The highest BCUT2D eigenvalue weighted by molar-refractivity contribution is 7.09. The van der Waals surface area contributed by atoms with Crippen molar-refractivity contribution in [3.05, 3.63) is 46.2 Å². The number of rotatable bonds is 5. The minimum atomic E-state index is 0.376. The van der Waals surface area contributed by atoms with E-state index in [4.69, 9.17) is 4.74 Å². The third-order valence-corrected chi connectivity index (χ3v) is 6.37. The van der Waals surface area contributed by atoms with Crippen molar-refractivity contribution >= 4 is 11.3 Å². The van der Waals surface area contributed by atoms with Crippen LogP contribution in [0.4, 0.5) is 0 Å². The van der Waals surface area contributed by atoms with Crippen LogP contribution in [0.3, 0.4) is 0 Å². The zero-order chi connectivity index (χ0) is 17.2. The van der Waals surface area contributed by atoms with E-state index >= 15 is 0 Å². The molecule has 134 valence electrons. The van der Waals surface area contributed by atoms with Crippen LogP contribution < -0.4 is 0 Å². The van der Waals surface area contributed by atoms with Crippen LogP contribution in [0.15, 0.2) is 29.9 Å². The monoisotopic (exact) mass is 358 g/mol. The van der Waals surface area contributed by atoms with Crippen molar-refractivity contribution in [2.45, 2.75) is 38.6 Å². The lowest BCUT2D eigenvalue weighted by atomic mass is 9.88. The number of methoxy groups -OCH3 is 1. The molecule has 0 spiro atoms. The number of hydrogen-bond acceptors (Lipinski definition) is 6. The number of pyridine rings is 1. The normalized spacial score (nSPS) is 27.5. The Kier molecular flexibility index (Phi) is 5.12. The Morgan fingerprint density at radius 3 is 2.80 bits per heavy atom. The van der Waals surface area contributed by atoms with Gasteiger partial charge < -0.3 is 4.74 Å². The number of likely N-dealkylation sites (tertiary alicyclic amines) is 2. The average Bonchev–Trinajstić information content (AvgIpc) is 3.23. The summed E-state index contributed by atoms with van der Waals surface area (Å²) < 4.78 is 5.83. The molecule has 0 bridgehead atoms. The van der Waals surface area contributed by atoms with Gasteiger partial charge in [0, 0.05) is 69.6 Å². The maximum absolute atomic E-state index is 5.83. The van der Waals surface area contributed by atoms with Gasteiger partial charge in [0.15, 0.2) is 0 Å². The second-order valence-electron chi connectivity index (χ2n) is 7.17. The Labute approximate surface area is 153 Å². The molecule has 0 radical (unpaired) electrons. The molecule has 2 aromatic rings. The number of piperidine rings is 1. The summed E-state index contributed by atoms with van der Waals surface area (Å²) >= 11 is 1.74. The summed E-state index contributed by atoms with van der Waals surface area (Å²) in [6.07, 6.45) is 5.27. The molecular formula is C19H26N4OS. The Balaban J connectivity index is 1.47. The van der Waals surface area contributed by atoms with E-state index in [1.807, 2.05) is 19.5 Å². The summed E-state index contributed by atoms with van der Waals surface area (Å²) in [4.78, 5) is 14.0. The second-order valence-corrected chi connectivity index (χ2v) is 8.23. The van der Waals surface area contributed by atoms with Crippen LogP contribution in [0.5, 0.6) is 0 Å². The van der Waals surface area contributed by atoms with Crippen LogP contribution in [0, 0.1) is 12.8 Å². The van der Waals surface area contributed by atoms with Crippen molar-refractivity contribution in [2.75, 3.05) is 26.7 Å². The van der Waals surface area contributed by atoms with Gasteiger partial charge in [-0.25, -0.2) is 4.98 Å². The Bertz CT molecular complexity index is 692. The number of hydrogen-bond donors (Lipinski definition) is 0. The Morgan fingerprint density at radius 2 is 2.08 bits per heavy atom. The summed E-state index contributed by atoms with van der Waals surface area (Å²) in [5, 5.41) is 3.35. The number of aromatic nitrogens is 2. The second kappa shape index (κ2) is 7.50. The van der Waals surface area contributed by atoms with E-state index in [1.54, 1.807) is 11.3 Å². The predicted octanol–water partition coefficient (Wildman–Crippen LogP) is 2.57. The fourth-order valence-corrected chi connectivity index (χ4v) is 4.97. The van der Waals surface area contributed by atoms with Crippen molar-refractivity contribution in [2.24, 2.45) is 5.92 Å². The van der Waals surface area contributed by atoms with Crippen LogP contribution in [0.2, 0.25) is 0 Å². The molecule has 0 saturated carbocycles. The Morgan fingerprint density at radius 1 is 1.24 bits per heavy atom. The molecule has 6 heteroatoms. The van der Waals surface area contributed by atoms with E-state index < -0.39 is 0 Å². The zero-order valence-electron chi connectivity index (χ0n) is 15.0. The molecule has 0 aromatic carbocycles. The van der Waals surface area contributed by atoms with Crippen molar-refractivity contribution < 1.29 is 4.74 Å². The first-order valence-corrected chi connectivity index (χ1v) is 9.90. The highest BCUT2D eigenvalue weighted by Gasteiger charge is 2.44. The fourth-order valence-electron chi connectivity index (χ4n) is 4.37. The molecule has 4 heterocycles. The van der Waals surface area contributed by atoms with Gasteiger partial charge in [-0.05, 0) is 31.0 Å². The first-order valence-electron chi connectivity index (χ1n) is 9.02. The molecular weight excluding hydrogens is 332 g/mol. The van der Waals surface area contributed by atoms with Crippen LogP contribution >= 0.6 is 11.3 Å². The lowest BCUT2D eigenvalue weighted by Crippen LogP contribution is -2.50. The standard InChI is InChI=1S/C19H26N4OS/c1-14-21-16(13-25-14)10-22-11-17-18(12-22)23(8-5-19(17)24-2)9-15-3-6-20-7-4-15/h3-4,6-7,13,17-19H,5,8-12H2,1-2H3/t17-,18+,19+/m0/s1. The highest BCUT2D eigenvalue weighted by atomic mass is 32.1. The number of aryl methyl sites for hydroxylation is 1. The van der Waals surface area contributed by atoms with Crippen molar-refractivity contribution in [3.8, 4) is 0 Å². The van der Waals surface area contributed by atoms with Crippen LogP contribution in [-0.2, 0) is 17.8 Å². The van der Waals surface area contributed by atoms with Crippen molar-refractivity contribution in [1.82, 2.24) is 19.8 Å². The number of ether oxygens (including phenoxy) is 1. The molecule has 4 rings (SSSR count). The summed E-state index contributed by atoms with van der Waals surface area (Å²) in [5.41, 5.74) is 2.55. The SMILES string of the molecule is CO[C@@H]1CCN(Cc2ccncc2)[C@@H]2CN(Cc3csc(C)n3)C[C@@H]21. The molecule has 2 aliphatic heterocycles. The van der Waals surface area contributed by atoms with Gasteiger partial charge in [0.1, 0.15) is 0 Å². The summed E-state index contributed by atoms with van der Waals surface area (Å²) in [7, 11) is 1.87. The molecule has 0 aliphatic carbocycles. The zero-order valence-corrected chi connectivity index (χ0v) is 15.8. The van der Waals surface area contributed by atoms with Gasteiger partial charge in [-0.2, -0.15) is 0 Å². The molecule has 2 aromatic heterocycles. The number of fused-ring (bicyclic) bond motifs is 1. The van der Waals surface area contributed by atoms with E-state index in [1.165, 1.54) is 11.3 Å². The molecule has 2 fully saturated rings. The van der Waals surface area contributed by atoms with E-state index in [0.717, 1.165) is 44.2 Å². The molecule has 0 N–H and O–H groups in total. The topological polar surface area (TPSA) is 41.5 Å². The quantitative estimate of drug-likeness (QED) is 0.822. The maximum atomic E-state index is 5.83. The lowest BCUT2D eigenvalue weighted by Gasteiger charge is -2.41. The molecule has 2 aliphatic rings. The summed E-state index contributed by atoms with van der Waals surface area (Å²) in [5.74, 6) is 0.584. The molecule has 0 unspecified atom stereocenters. The first kappa shape index (κ1) is 17.1. The third-order valence-electron chi connectivity index (χ3n) is 5.55. The van der Waals surface area contributed by atoms with Gasteiger partial charge in [-0.1, -0.05) is 0 Å². The van der Waals surface area contributed by atoms with Gasteiger partial charge in [-0.3, -0.25) is 14.8 Å². The fraction of sp³-hybridized carbons (Fsp3) is 0.579. The minimum Gasteiger partial charge on any atom is -0.381 e. The molecule has 2 saturated heterocycles.